The van der Waals surface area contributed by atoms with Gasteiger partial charge in [0, 0.05) is 6.92 Å². The van der Waals surface area contributed by atoms with Crippen molar-refractivity contribution in [1.29, 1.82) is 0 Å². The number of nitrogens with zero attached hydrogens (tertiary/aromatic N) is 2. The highest BCUT2D eigenvalue weighted by atomic mass is 15.2. The lowest BCUT2D eigenvalue weighted by Crippen LogP contribution is -2.38. The van der Waals surface area contributed by atoms with Gasteiger partial charge in [0.25, 0.3) is 0 Å². The average Bonchev–Trinajstić information content (AvgIpc) is 2.47. The van der Waals surface area contributed by atoms with E-state index in [1.165, 1.54) is 83.4 Å². The Morgan fingerprint density at radius 3 is 1.45 bits per heavy atom. The van der Waals surface area contributed by atoms with Crippen LogP contribution in [-0.4, -0.2) is 41.5 Å². The van der Waals surface area contributed by atoms with Crippen LogP contribution in [-0.2, 0) is 0 Å². The van der Waals surface area contributed by atoms with Crippen LogP contribution in [0.15, 0.2) is 0 Å². The molecular weight excluding hydrogens is 244 g/mol. The Labute approximate surface area is 128 Å². The van der Waals surface area contributed by atoms with Gasteiger partial charge in [-0.05, 0) is 25.7 Å². The molecule has 0 saturated heterocycles. The summed E-state index contributed by atoms with van der Waals surface area (Å²) in [6.45, 7) is 16.4. The summed E-state index contributed by atoms with van der Waals surface area (Å²) >= 11 is 0. The highest BCUT2D eigenvalue weighted by Gasteiger charge is 2.17. The largest absolute Gasteiger partial charge is 0.266 e. The fraction of sp³-hybridized carbons (Fsp3) is 0.944. The second-order valence-corrected chi connectivity index (χ2v) is 5.94. The Bertz CT molecular complexity index is 228. The molecule has 120 valence electrons. The number of hydrogen-bond acceptors (Lipinski definition) is 0. The molecule has 0 aliphatic rings. The molecule has 2 nitrogen and oxygen atoms in total. The zero-order valence-electron chi connectivity index (χ0n) is 14.9. The monoisotopic (exact) mass is 283 g/mol. The first-order valence-electron chi connectivity index (χ1n) is 9.04. The summed E-state index contributed by atoms with van der Waals surface area (Å²) in [5.74, 6) is 1.52. The molecule has 2 heteroatoms. The van der Waals surface area contributed by atoms with Crippen molar-refractivity contribution < 1.29 is 4.58 Å². The third-order valence-corrected chi connectivity index (χ3v) is 4.04. The van der Waals surface area contributed by atoms with E-state index in [1.807, 2.05) is 0 Å². The van der Waals surface area contributed by atoms with Gasteiger partial charge in [-0.15, -0.1) is 0 Å². The molecule has 0 aliphatic heterocycles. The number of hydrogen-bond donors (Lipinski definition) is 0. The maximum atomic E-state index is 2.64. The first-order chi connectivity index (χ1) is 9.71. The molecule has 0 rings (SSSR count). The van der Waals surface area contributed by atoms with Gasteiger partial charge in [0.2, 0.25) is 5.84 Å². The summed E-state index contributed by atoms with van der Waals surface area (Å²) < 4.78 is 2.64. The quantitative estimate of drug-likeness (QED) is 0.280. The third kappa shape index (κ3) is 8.60. The molecule has 0 aromatic heterocycles. The summed E-state index contributed by atoms with van der Waals surface area (Å²) in [4.78, 5) is 2.64. The minimum Gasteiger partial charge on any atom is -0.266 e. The van der Waals surface area contributed by atoms with Crippen molar-refractivity contribution in [3.05, 3.63) is 0 Å². The summed E-state index contributed by atoms with van der Waals surface area (Å²) in [5, 5.41) is 0. The van der Waals surface area contributed by atoms with E-state index >= 15 is 0 Å². The van der Waals surface area contributed by atoms with E-state index in [-0.39, 0.29) is 0 Å². The molecule has 0 aromatic rings. The summed E-state index contributed by atoms with van der Waals surface area (Å²) in [5.41, 5.74) is 0. The predicted molar refractivity (Wildman–Crippen MR) is 91.9 cm³/mol. The van der Waals surface area contributed by atoms with Crippen LogP contribution in [0.3, 0.4) is 0 Å². The van der Waals surface area contributed by atoms with E-state index < -0.39 is 0 Å². The molecule has 0 radical (unpaired) electrons. The molecule has 0 aromatic carbocycles. The van der Waals surface area contributed by atoms with Gasteiger partial charge < -0.3 is 0 Å². The second kappa shape index (κ2) is 13.5. The van der Waals surface area contributed by atoms with Gasteiger partial charge in [0.05, 0.1) is 26.2 Å². The number of rotatable bonds is 12. The number of amidine groups is 1. The molecule has 0 heterocycles. The normalized spacial score (nSPS) is 10.7. The summed E-state index contributed by atoms with van der Waals surface area (Å²) in [7, 11) is 0. The predicted octanol–water partition coefficient (Wildman–Crippen LogP) is 4.92. The van der Waals surface area contributed by atoms with Crippen LogP contribution in [0.4, 0.5) is 0 Å². The van der Waals surface area contributed by atoms with E-state index in [1.54, 1.807) is 0 Å². The van der Waals surface area contributed by atoms with Crippen LogP contribution < -0.4 is 0 Å². The fourth-order valence-electron chi connectivity index (χ4n) is 2.47. The van der Waals surface area contributed by atoms with Crippen molar-refractivity contribution >= 4 is 5.84 Å². The molecule has 0 N–H and O–H groups in total. The van der Waals surface area contributed by atoms with E-state index in [9.17, 15) is 0 Å². The topological polar surface area (TPSA) is 6.25 Å². The van der Waals surface area contributed by atoms with Crippen LogP contribution in [0.1, 0.15) is 86.0 Å². The molecule has 0 unspecified atom stereocenters. The smallest absolute Gasteiger partial charge is 0.243 e. The molecule has 0 saturated carbocycles. The molecule has 0 spiro atoms. The highest BCUT2D eigenvalue weighted by molar-refractivity contribution is 5.74. The molecule has 0 atom stereocenters. The van der Waals surface area contributed by atoms with Gasteiger partial charge in [-0.25, -0.2) is 0 Å². The Balaban J connectivity index is 4.80. The highest BCUT2D eigenvalue weighted by Crippen LogP contribution is 2.03. The van der Waals surface area contributed by atoms with Gasteiger partial charge in [0.1, 0.15) is 0 Å². The maximum Gasteiger partial charge on any atom is 0.243 e. The fourth-order valence-corrected chi connectivity index (χ4v) is 2.47. The Hall–Kier alpha value is -0.530. The van der Waals surface area contributed by atoms with Crippen molar-refractivity contribution in [1.82, 2.24) is 4.90 Å². The summed E-state index contributed by atoms with van der Waals surface area (Å²) in [6.07, 6.45) is 10.4. The lowest BCUT2D eigenvalue weighted by Gasteiger charge is -2.21. The van der Waals surface area contributed by atoms with Gasteiger partial charge in [-0.1, -0.05) is 53.4 Å². The molecule has 0 amide bonds. The van der Waals surface area contributed by atoms with Crippen LogP contribution in [0.25, 0.3) is 0 Å². The minimum atomic E-state index is 1.23. The van der Waals surface area contributed by atoms with Crippen molar-refractivity contribution in [2.24, 2.45) is 0 Å². The summed E-state index contributed by atoms with van der Waals surface area (Å²) in [6, 6.07) is 0. The Morgan fingerprint density at radius 1 is 0.700 bits per heavy atom. The van der Waals surface area contributed by atoms with Gasteiger partial charge >= 0.3 is 0 Å². The van der Waals surface area contributed by atoms with E-state index in [0.29, 0.717) is 0 Å². The van der Waals surface area contributed by atoms with E-state index in [4.69, 9.17) is 0 Å². The standard InChI is InChI=1S/C18H39N2/c1-6-10-14-19(15-11-7-2)18(5)20(16-12-8-3)17-13-9-4/h6-17H2,1-5H3/q+1. The van der Waals surface area contributed by atoms with Crippen LogP contribution in [0.5, 0.6) is 0 Å². The van der Waals surface area contributed by atoms with Crippen molar-refractivity contribution in [3.63, 3.8) is 0 Å². The maximum absolute atomic E-state index is 2.64. The minimum absolute atomic E-state index is 1.23. The molecule has 0 fully saturated rings. The SMILES string of the molecule is CCCCN(CCCC)C(C)=[N+](CCCC)CCCC. The van der Waals surface area contributed by atoms with E-state index in [0.717, 1.165) is 0 Å². The molecule has 0 bridgehead atoms. The van der Waals surface area contributed by atoms with Crippen molar-refractivity contribution in [3.8, 4) is 0 Å². The Morgan fingerprint density at radius 2 is 1.10 bits per heavy atom. The van der Waals surface area contributed by atoms with Gasteiger partial charge in [0.15, 0.2) is 0 Å². The first-order valence-corrected chi connectivity index (χ1v) is 9.04. The lowest BCUT2D eigenvalue weighted by atomic mass is 10.2. The first kappa shape index (κ1) is 19.5. The van der Waals surface area contributed by atoms with Crippen LogP contribution in [0, 0.1) is 0 Å². The zero-order chi connectivity index (χ0) is 15.2. The van der Waals surface area contributed by atoms with E-state index in [2.05, 4.69) is 44.1 Å². The van der Waals surface area contributed by atoms with Crippen molar-refractivity contribution in [2.45, 2.75) is 86.0 Å². The van der Waals surface area contributed by atoms with Crippen LogP contribution in [0.2, 0.25) is 0 Å². The third-order valence-electron chi connectivity index (χ3n) is 4.04. The van der Waals surface area contributed by atoms with Gasteiger partial charge in [-0.3, -0.25) is 9.48 Å². The molecule has 20 heavy (non-hydrogen) atoms. The average molecular weight is 284 g/mol. The van der Waals surface area contributed by atoms with Gasteiger partial charge in [-0.2, -0.15) is 0 Å². The second-order valence-electron chi connectivity index (χ2n) is 5.94. The zero-order valence-corrected chi connectivity index (χ0v) is 14.9. The van der Waals surface area contributed by atoms with Crippen molar-refractivity contribution in [2.75, 3.05) is 26.2 Å². The Kier molecular flexibility index (Phi) is 13.1. The lowest BCUT2D eigenvalue weighted by molar-refractivity contribution is -0.534. The molecule has 0 aliphatic carbocycles. The van der Waals surface area contributed by atoms with Crippen LogP contribution >= 0.6 is 0 Å². The molecular formula is C18H39N2+. The number of unbranched alkanes of at least 4 members (excludes halogenated alkanes) is 4.